The lowest BCUT2D eigenvalue weighted by Crippen LogP contribution is -2.30. The highest BCUT2D eigenvalue weighted by molar-refractivity contribution is 9.10. The normalized spacial score (nSPS) is 15.6. The molecule has 2 heterocycles. The van der Waals surface area contributed by atoms with Crippen LogP contribution in [0.1, 0.15) is 0 Å². The van der Waals surface area contributed by atoms with Crippen LogP contribution in [0.25, 0.3) is 10.8 Å². The van der Waals surface area contributed by atoms with E-state index in [1.54, 1.807) is 23.0 Å². The van der Waals surface area contributed by atoms with E-state index in [1.165, 1.54) is 4.31 Å². The van der Waals surface area contributed by atoms with Crippen LogP contribution in [0.3, 0.4) is 0 Å². The van der Waals surface area contributed by atoms with Crippen molar-refractivity contribution in [3.63, 3.8) is 0 Å². The Labute approximate surface area is 136 Å². The molecule has 0 fully saturated rings. The lowest BCUT2D eigenvalue weighted by molar-refractivity contribution is 0.580. The number of rotatable bonds is 3. The van der Waals surface area contributed by atoms with Gasteiger partial charge >= 0.3 is 0 Å². The molecule has 0 spiro atoms. The van der Waals surface area contributed by atoms with Crippen LogP contribution in [0.15, 0.2) is 58.2 Å². The van der Waals surface area contributed by atoms with Crippen LogP contribution in [0.2, 0.25) is 0 Å². The molecule has 0 aliphatic carbocycles. The quantitative estimate of drug-likeness (QED) is 0.704. The lowest BCUT2D eigenvalue weighted by atomic mass is 10.1. The van der Waals surface area contributed by atoms with Gasteiger partial charge < -0.3 is 0 Å². The molecule has 5 nitrogen and oxygen atoms in total. The largest absolute Gasteiger partial charge is 0.270 e. The first kappa shape index (κ1) is 13.8. The molecule has 0 amide bonds. The topological polar surface area (TPSA) is 55.2 Å². The zero-order chi connectivity index (χ0) is 15.3. The molecule has 3 aromatic rings. The van der Waals surface area contributed by atoms with Crippen LogP contribution >= 0.6 is 15.9 Å². The molecule has 0 unspecified atom stereocenters. The second kappa shape index (κ2) is 4.82. The highest BCUT2D eigenvalue weighted by atomic mass is 79.9. The maximum atomic E-state index is 12.8. The number of anilines is 1. The van der Waals surface area contributed by atoms with Gasteiger partial charge in [0.2, 0.25) is 0 Å². The molecule has 4 rings (SSSR count). The number of benzene rings is 2. The Morgan fingerprint density at radius 3 is 2.59 bits per heavy atom. The molecule has 0 saturated heterocycles. The van der Waals surface area contributed by atoms with Crippen molar-refractivity contribution in [2.75, 3.05) is 10.8 Å². The number of hydrogen-bond donors (Lipinski definition) is 0. The number of hydrogen-bond acceptors (Lipinski definition) is 3. The van der Waals surface area contributed by atoms with Crippen LogP contribution in [0.4, 0.5) is 5.69 Å². The molecule has 0 saturated carbocycles. The van der Waals surface area contributed by atoms with Gasteiger partial charge in [-0.05, 0) is 33.4 Å². The third kappa shape index (κ3) is 1.96. The van der Waals surface area contributed by atoms with E-state index in [2.05, 4.69) is 21.0 Å². The van der Waals surface area contributed by atoms with Crippen LogP contribution in [0.5, 0.6) is 0 Å². The second-order valence-corrected chi connectivity index (χ2v) is 7.88. The predicted molar refractivity (Wildman–Crippen MR) is 88.4 cm³/mol. The Balaban J connectivity index is 1.77. The molecule has 0 atom stereocenters. The molecule has 2 aromatic carbocycles. The minimum absolute atomic E-state index is 0.351. The van der Waals surface area contributed by atoms with E-state index in [1.807, 2.05) is 30.5 Å². The van der Waals surface area contributed by atoms with E-state index in [-0.39, 0.29) is 0 Å². The van der Waals surface area contributed by atoms with Crippen LogP contribution in [-0.2, 0) is 16.6 Å². The van der Waals surface area contributed by atoms with Gasteiger partial charge in [-0.15, -0.1) is 0 Å². The van der Waals surface area contributed by atoms with Crippen molar-refractivity contribution in [3.05, 3.63) is 53.3 Å². The average molecular weight is 378 g/mol. The van der Waals surface area contributed by atoms with E-state index in [0.29, 0.717) is 18.0 Å². The molecule has 0 radical (unpaired) electrons. The molecule has 0 N–H and O–H groups in total. The highest BCUT2D eigenvalue weighted by Gasteiger charge is 2.35. The first-order valence-electron chi connectivity index (χ1n) is 6.80. The summed E-state index contributed by atoms with van der Waals surface area (Å²) in [6.07, 6.45) is 3.52. The Bertz CT molecular complexity index is 976. The van der Waals surface area contributed by atoms with Gasteiger partial charge in [-0.3, -0.25) is 8.99 Å². The monoisotopic (exact) mass is 377 g/mol. The summed E-state index contributed by atoms with van der Waals surface area (Å²) >= 11 is 3.34. The number of sulfonamides is 1. The highest BCUT2D eigenvalue weighted by Crippen LogP contribution is 2.41. The van der Waals surface area contributed by atoms with Crippen LogP contribution in [0, 0.1) is 0 Å². The van der Waals surface area contributed by atoms with E-state index >= 15 is 0 Å². The molecule has 7 heteroatoms. The van der Waals surface area contributed by atoms with Crippen molar-refractivity contribution in [1.82, 2.24) is 9.78 Å². The number of aromatic nitrogens is 2. The first-order chi connectivity index (χ1) is 10.6. The van der Waals surface area contributed by atoms with Gasteiger partial charge in [0.05, 0.1) is 34.3 Å². The van der Waals surface area contributed by atoms with Crippen LogP contribution < -0.4 is 4.31 Å². The fourth-order valence-electron chi connectivity index (χ4n) is 2.85. The summed E-state index contributed by atoms with van der Waals surface area (Å²) in [6.45, 7) is 0.847. The van der Waals surface area contributed by atoms with Crippen molar-refractivity contribution < 1.29 is 8.42 Å². The molecule has 1 aliphatic rings. The summed E-state index contributed by atoms with van der Waals surface area (Å²) in [7, 11) is -3.48. The molecular formula is C15H12BrN3O2S. The van der Waals surface area contributed by atoms with Crippen molar-refractivity contribution in [2.45, 2.75) is 11.4 Å². The minimum Gasteiger partial charge on any atom is -0.270 e. The summed E-state index contributed by atoms with van der Waals surface area (Å²) in [5, 5.41) is 5.93. The Morgan fingerprint density at radius 2 is 1.86 bits per heavy atom. The third-order valence-corrected chi connectivity index (χ3v) is 6.08. The van der Waals surface area contributed by atoms with Gasteiger partial charge in [-0.2, -0.15) is 5.10 Å². The van der Waals surface area contributed by atoms with Crippen molar-refractivity contribution in [2.24, 2.45) is 0 Å². The van der Waals surface area contributed by atoms with E-state index < -0.39 is 10.0 Å². The van der Waals surface area contributed by atoms with Gasteiger partial charge in [-0.25, -0.2) is 8.42 Å². The summed E-state index contributed by atoms with van der Waals surface area (Å²) in [6, 6.07) is 11.1. The first-order valence-corrected chi connectivity index (χ1v) is 9.03. The fourth-order valence-corrected chi connectivity index (χ4v) is 4.88. The number of nitrogens with zero attached hydrogens (tertiary/aromatic N) is 3. The van der Waals surface area contributed by atoms with E-state index in [0.717, 1.165) is 20.9 Å². The lowest BCUT2D eigenvalue weighted by Gasteiger charge is -2.18. The SMILES string of the molecule is O=S1(=O)c2cccc3cccc(c23)N1CCn1cc(Br)cn1. The predicted octanol–water partition coefficient (Wildman–Crippen LogP) is 3.01. The summed E-state index contributed by atoms with van der Waals surface area (Å²) in [5.74, 6) is 0. The minimum atomic E-state index is -3.48. The van der Waals surface area contributed by atoms with Crippen LogP contribution in [-0.4, -0.2) is 24.7 Å². The molecule has 112 valence electrons. The maximum absolute atomic E-state index is 12.8. The van der Waals surface area contributed by atoms with E-state index in [4.69, 9.17) is 0 Å². The molecular weight excluding hydrogens is 366 g/mol. The van der Waals surface area contributed by atoms with Gasteiger partial charge in [0.15, 0.2) is 0 Å². The smallest absolute Gasteiger partial charge is 0.265 e. The van der Waals surface area contributed by atoms with Gasteiger partial charge in [-0.1, -0.05) is 24.3 Å². The summed E-state index contributed by atoms with van der Waals surface area (Å²) in [4.78, 5) is 0.391. The Morgan fingerprint density at radius 1 is 1.09 bits per heavy atom. The standard InChI is InChI=1S/C15H12BrN3O2S/c16-12-9-17-18(10-12)7-8-19-13-5-1-3-11-4-2-6-14(15(11)13)22(19,20)21/h1-6,9-10H,7-8H2. The molecule has 22 heavy (non-hydrogen) atoms. The molecule has 1 aliphatic heterocycles. The van der Waals surface area contributed by atoms with Crippen molar-refractivity contribution in [3.8, 4) is 0 Å². The zero-order valence-electron chi connectivity index (χ0n) is 11.5. The summed E-state index contributed by atoms with van der Waals surface area (Å²) in [5.41, 5.74) is 0.749. The van der Waals surface area contributed by atoms with Gasteiger partial charge in [0, 0.05) is 11.6 Å². The van der Waals surface area contributed by atoms with Crippen molar-refractivity contribution in [1.29, 1.82) is 0 Å². The molecule has 1 aromatic heterocycles. The second-order valence-electron chi connectivity index (χ2n) is 5.13. The van der Waals surface area contributed by atoms with Gasteiger partial charge in [0.1, 0.15) is 0 Å². The van der Waals surface area contributed by atoms with Crippen molar-refractivity contribution >= 4 is 42.4 Å². The van der Waals surface area contributed by atoms with E-state index in [9.17, 15) is 8.42 Å². The third-order valence-electron chi connectivity index (χ3n) is 3.82. The Kier molecular flexibility index (Phi) is 3.02. The number of halogens is 1. The van der Waals surface area contributed by atoms with Gasteiger partial charge in [0.25, 0.3) is 10.0 Å². The zero-order valence-corrected chi connectivity index (χ0v) is 13.9. The summed E-state index contributed by atoms with van der Waals surface area (Å²) < 4.78 is 29.6. The maximum Gasteiger partial charge on any atom is 0.265 e. The average Bonchev–Trinajstić information content (AvgIpc) is 3.00. The fraction of sp³-hybridized carbons (Fsp3) is 0.133. The Hall–Kier alpha value is -1.86. The molecule has 0 bridgehead atoms.